The average Bonchev–Trinajstić information content (AvgIpc) is 2.83. The van der Waals surface area contributed by atoms with Crippen LogP contribution in [0.1, 0.15) is 43.6 Å². The van der Waals surface area contributed by atoms with E-state index in [1.165, 1.54) is 6.26 Å². The van der Waals surface area contributed by atoms with Gasteiger partial charge >= 0.3 is 5.97 Å². The zero-order chi connectivity index (χ0) is 13.4. The first-order valence-corrected chi connectivity index (χ1v) is 6.30. The number of carbonyl (C=O) groups is 1. The number of hydrogen-bond acceptors (Lipinski definition) is 6. The second-order valence-electron chi connectivity index (χ2n) is 3.98. The van der Waals surface area contributed by atoms with Gasteiger partial charge in [0, 0.05) is 12.6 Å². The molecule has 1 rings (SSSR count). The maximum Gasteiger partial charge on any atom is 0.360 e. The van der Waals surface area contributed by atoms with E-state index in [1.54, 1.807) is 6.92 Å². The van der Waals surface area contributed by atoms with E-state index in [1.807, 2.05) is 0 Å². The van der Waals surface area contributed by atoms with Gasteiger partial charge in [0.25, 0.3) is 6.01 Å². The molecule has 0 amide bonds. The molecule has 6 heteroatoms. The maximum absolute atomic E-state index is 11.4. The molecule has 102 valence electrons. The number of nitrogens with two attached hydrogens (primary N) is 1. The van der Waals surface area contributed by atoms with E-state index in [4.69, 9.17) is 14.9 Å². The van der Waals surface area contributed by atoms with Gasteiger partial charge in [0.1, 0.15) is 6.26 Å². The second-order valence-corrected chi connectivity index (χ2v) is 3.98. The van der Waals surface area contributed by atoms with Crippen LogP contribution >= 0.6 is 0 Å². The Labute approximate surface area is 107 Å². The minimum Gasteiger partial charge on any atom is -0.461 e. The van der Waals surface area contributed by atoms with Gasteiger partial charge in [-0.3, -0.25) is 0 Å². The summed E-state index contributed by atoms with van der Waals surface area (Å²) in [5, 5.41) is 3.07. The van der Waals surface area contributed by atoms with E-state index in [0.717, 1.165) is 19.3 Å². The standard InChI is InChI=1S/C12H21N3O3/c1-3-5-6-9(7-13)14-12-15-10(8-18-12)11(16)17-4-2/h8-9H,3-7,13H2,1-2H3,(H,14,15). The van der Waals surface area contributed by atoms with Crippen molar-refractivity contribution in [1.82, 2.24) is 4.98 Å². The number of rotatable bonds is 8. The average molecular weight is 255 g/mol. The summed E-state index contributed by atoms with van der Waals surface area (Å²) >= 11 is 0. The minimum atomic E-state index is -0.479. The summed E-state index contributed by atoms with van der Waals surface area (Å²) in [6.45, 7) is 4.68. The number of aromatic nitrogens is 1. The number of esters is 1. The van der Waals surface area contributed by atoms with Crippen molar-refractivity contribution in [3.63, 3.8) is 0 Å². The zero-order valence-electron chi connectivity index (χ0n) is 10.9. The third-order valence-electron chi connectivity index (χ3n) is 2.51. The van der Waals surface area contributed by atoms with E-state index in [9.17, 15) is 4.79 Å². The van der Waals surface area contributed by atoms with Crippen molar-refractivity contribution < 1.29 is 13.9 Å². The summed E-state index contributed by atoms with van der Waals surface area (Å²) in [5.41, 5.74) is 5.82. The normalized spacial score (nSPS) is 12.2. The largest absolute Gasteiger partial charge is 0.461 e. The molecule has 0 spiro atoms. The molecular formula is C12H21N3O3. The van der Waals surface area contributed by atoms with Gasteiger partial charge in [-0.2, -0.15) is 4.98 Å². The molecule has 0 aliphatic carbocycles. The van der Waals surface area contributed by atoms with E-state index in [0.29, 0.717) is 19.2 Å². The monoisotopic (exact) mass is 255 g/mol. The van der Waals surface area contributed by atoms with Crippen molar-refractivity contribution in [3.05, 3.63) is 12.0 Å². The molecule has 1 aromatic rings. The fourth-order valence-corrected chi connectivity index (χ4v) is 1.51. The first-order valence-electron chi connectivity index (χ1n) is 6.30. The summed E-state index contributed by atoms with van der Waals surface area (Å²) in [4.78, 5) is 15.4. The number of unbranched alkanes of at least 4 members (excludes halogenated alkanes) is 1. The summed E-state index contributed by atoms with van der Waals surface area (Å²) in [5.74, 6) is -0.479. The van der Waals surface area contributed by atoms with E-state index >= 15 is 0 Å². The molecule has 0 bridgehead atoms. The van der Waals surface area contributed by atoms with Gasteiger partial charge in [-0.1, -0.05) is 19.8 Å². The van der Waals surface area contributed by atoms with Crippen LogP contribution in [0.2, 0.25) is 0 Å². The molecule has 0 fully saturated rings. The molecule has 18 heavy (non-hydrogen) atoms. The quantitative estimate of drug-likeness (QED) is 0.688. The smallest absolute Gasteiger partial charge is 0.360 e. The fraction of sp³-hybridized carbons (Fsp3) is 0.667. The number of carbonyl (C=O) groups excluding carboxylic acids is 1. The summed E-state index contributed by atoms with van der Waals surface area (Å²) in [7, 11) is 0. The van der Waals surface area contributed by atoms with Crippen LogP contribution in [-0.4, -0.2) is 30.1 Å². The molecule has 1 heterocycles. The Morgan fingerprint density at radius 1 is 1.61 bits per heavy atom. The van der Waals surface area contributed by atoms with Gasteiger partial charge in [-0.05, 0) is 13.3 Å². The molecule has 0 saturated heterocycles. The number of anilines is 1. The Kier molecular flexibility index (Phi) is 6.21. The summed E-state index contributed by atoms with van der Waals surface area (Å²) in [6.07, 6.45) is 4.43. The van der Waals surface area contributed by atoms with Crippen LogP contribution in [0.15, 0.2) is 10.7 Å². The third kappa shape index (κ3) is 4.37. The van der Waals surface area contributed by atoms with Crippen LogP contribution in [0.25, 0.3) is 0 Å². The van der Waals surface area contributed by atoms with Gasteiger partial charge in [-0.15, -0.1) is 0 Å². The Hall–Kier alpha value is -1.56. The van der Waals surface area contributed by atoms with Crippen molar-refractivity contribution in [1.29, 1.82) is 0 Å². The first-order chi connectivity index (χ1) is 8.71. The van der Waals surface area contributed by atoms with Crippen LogP contribution in [0.5, 0.6) is 0 Å². The number of ether oxygens (including phenoxy) is 1. The lowest BCUT2D eigenvalue weighted by Gasteiger charge is -2.14. The highest BCUT2D eigenvalue weighted by Crippen LogP contribution is 2.12. The predicted molar refractivity (Wildman–Crippen MR) is 68.4 cm³/mol. The number of nitrogens with zero attached hydrogens (tertiary/aromatic N) is 1. The van der Waals surface area contributed by atoms with Crippen LogP contribution in [0.4, 0.5) is 6.01 Å². The number of nitrogens with one attached hydrogen (secondary N) is 1. The van der Waals surface area contributed by atoms with Crippen molar-refractivity contribution in [3.8, 4) is 0 Å². The van der Waals surface area contributed by atoms with Crippen LogP contribution in [0.3, 0.4) is 0 Å². The maximum atomic E-state index is 11.4. The molecule has 1 atom stereocenters. The molecule has 0 aromatic carbocycles. The van der Waals surface area contributed by atoms with E-state index in [2.05, 4.69) is 17.2 Å². The highest BCUT2D eigenvalue weighted by atomic mass is 16.5. The predicted octanol–water partition coefficient (Wildman–Crippen LogP) is 1.78. The van der Waals surface area contributed by atoms with Crippen molar-refractivity contribution in [2.45, 2.75) is 39.2 Å². The van der Waals surface area contributed by atoms with Crippen LogP contribution in [-0.2, 0) is 4.74 Å². The summed E-state index contributed by atoms with van der Waals surface area (Å²) < 4.78 is 9.99. The summed E-state index contributed by atoms with van der Waals surface area (Å²) in [6, 6.07) is 0.420. The zero-order valence-corrected chi connectivity index (χ0v) is 10.9. The molecule has 0 radical (unpaired) electrons. The first kappa shape index (κ1) is 14.5. The lowest BCUT2D eigenvalue weighted by atomic mass is 10.1. The van der Waals surface area contributed by atoms with Crippen molar-refractivity contribution in [2.75, 3.05) is 18.5 Å². The molecule has 6 nitrogen and oxygen atoms in total. The molecule has 0 saturated carbocycles. The highest BCUT2D eigenvalue weighted by molar-refractivity contribution is 5.87. The van der Waals surface area contributed by atoms with Gasteiger partial charge in [0.05, 0.1) is 6.61 Å². The molecule has 0 aliphatic heterocycles. The molecule has 1 aromatic heterocycles. The Bertz CT molecular complexity index is 365. The van der Waals surface area contributed by atoms with Gasteiger partial charge in [-0.25, -0.2) is 4.79 Å². The molecular weight excluding hydrogens is 234 g/mol. The SMILES string of the molecule is CCCCC(CN)Nc1nc(C(=O)OCC)co1. The molecule has 3 N–H and O–H groups in total. The molecule has 1 unspecified atom stereocenters. The highest BCUT2D eigenvalue weighted by Gasteiger charge is 2.15. The lowest BCUT2D eigenvalue weighted by Crippen LogP contribution is -2.28. The third-order valence-corrected chi connectivity index (χ3v) is 2.51. The van der Waals surface area contributed by atoms with Crippen LogP contribution < -0.4 is 11.1 Å². The minimum absolute atomic E-state index is 0.110. The van der Waals surface area contributed by atoms with E-state index < -0.39 is 5.97 Å². The number of oxazole rings is 1. The topological polar surface area (TPSA) is 90.4 Å². The van der Waals surface area contributed by atoms with Gasteiger partial charge in [0.2, 0.25) is 0 Å². The van der Waals surface area contributed by atoms with Gasteiger partial charge < -0.3 is 20.2 Å². The van der Waals surface area contributed by atoms with Crippen molar-refractivity contribution >= 4 is 12.0 Å². The lowest BCUT2D eigenvalue weighted by molar-refractivity contribution is 0.0519. The molecule has 0 aliphatic rings. The Morgan fingerprint density at radius 2 is 2.39 bits per heavy atom. The van der Waals surface area contributed by atoms with E-state index in [-0.39, 0.29) is 11.7 Å². The van der Waals surface area contributed by atoms with Crippen LogP contribution in [0, 0.1) is 0 Å². The fourth-order valence-electron chi connectivity index (χ4n) is 1.51. The van der Waals surface area contributed by atoms with Gasteiger partial charge in [0.15, 0.2) is 5.69 Å². The van der Waals surface area contributed by atoms with Crippen molar-refractivity contribution in [2.24, 2.45) is 5.73 Å². The Morgan fingerprint density at radius 3 is 3.00 bits per heavy atom. The second kappa shape index (κ2) is 7.71. The number of hydrogen-bond donors (Lipinski definition) is 2. The Balaban J connectivity index is 2.54.